The summed E-state index contributed by atoms with van der Waals surface area (Å²) in [6.07, 6.45) is 6.23. The van der Waals surface area contributed by atoms with Crippen molar-refractivity contribution < 1.29 is 8.42 Å². The molecule has 1 aromatic carbocycles. The van der Waals surface area contributed by atoms with Gasteiger partial charge in [-0.3, -0.25) is 9.78 Å². The van der Waals surface area contributed by atoms with Crippen molar-refractivity contribution in [2.24, 2.45) is 0 Å². The Kier molecular flexibility index (Phi) is 6.29. The molecule has 162 valence electrons. The summed E-state index contributed by atoms with van der Waals surface area (Å²) in [5.74, 6) is 0.156. The van der Waals surface area contributed by atoms with Crippen LogP contribution in [0.15, 0.2) is 59.7 Å². The molecule has 8 heteroatoms. The third kappa shape index (κ3) is 4.91. The summed E-state index contributed by atoms with van der Waals surface area (Å²) in [5.41, 5.74) is 4.51. The SMILES string of the molecule is CCCCS(=O)(=O)N(Cc1cccnc1)C1Cc2ccc(-c3ccc(=O)[nH]n3)cc2C1. The van der Waals surface area contributed by atoms with Crippen LogP contribution in [0, 0.1) is 0 Å². The molecule has 31 heavy (non-hydrogen) atoms. The van der Waals surface area contributed by atoms with E-state index in [0.29, 0.717) is 31.5 Å². The molecule has 0 aliphatic heterocycles. The second-order valence-electron chi connectivity index (χ2n) is 7.93. The minimum Gasteiger partial charge on any atom is -0.268 e. The van der Waals surface area contributed by atoms with E-state index in [1.807, 2.05) is 31.2 Å². The van der Waals surface area contributed by atoms with Gasteiger partial charge in [0.15, 0.2) is 0 Å². The van der Waals surface area contributed by atoms with Crippen LogP contribution in [0.1, 0.15) is 36.5 Å². The van der Waals surface area contributed by atoms with E-state index < -0.39 is 10.0 Å². The van der Waals surface area contributed by atoms with Gasteiger partial charge in [0, 0.05) is 36.6 Å². The fourth-order valence-corrected chi connectivity index (χ4v) is 5.87. The molecule has 2 aromatic heterocycles. The highest BCUT2D eigenvalue weighted by Crippen LogP contribution is 2.31. The van der Waals surface area contributed by atoms with E-state index in [1.54, 1.807) is 22.8 Å². The number of nitrogens with one attached hydrogen (secondary N) is 1. The van der Waals surface area contributed by atoms with Crippen LogP contribution >= 0.6 is 0 Å². The van der Waals surface area contributed by atoms with Crippen LogP contribution in [-0.2, 0) is 29.4 Å². The summed E-state index contributed by atoms with van der Waals surface area (Å²) in [4.78, 5) is 15.4. The second kappa shape index (κ2) is 9.11. The predicted molar refractivity (Wildman–Crippen MR) is 120 cm³/mol. The molecule has 1 aliphatic rings. The van der Waals surface area contributed by atoms with Crippen molar-refractivity contribution >= 4 is 10.0 Å². The van der Waals surface area contributed by atoms with Gasteiger partial charge in [0.1, 0.15) is 0 Å². The standard InChI is InChI=1S/C23H26N4O3S/c1-2-3-11-31(29,30)27(16-17-5-4-10-24-15-17)21-13-18-6-7-19(12-20(18)14-21)22-8-9-23(28)26-25-22/h4-10,12,15,21H,2-3,11,13-14,16H2,1H3,(H,26,28). The Balaban J connectivity index is 1.61. The Morgan fingerprint density at radius 2 is 1.97 bits per heavy atom. The zero-order chi connectivity index (χ0) is 21.8. The van der Waals surface area contributed by atoms with Gasteiger partial charge in [-0.2, -0.15) is 9.40 Å². The summed E-state index contributed by atoms with van der Waals surface area (Å²) in [6.45, 7) is 2.33. The number of hydrogen-bond donors (Lipinski definition) is 1. The molecule has 7 nitrogen and oxygen atoms in total. The van der Waals surface area contributed by atoms with Gasteiger partial charge in [-0.05, 0) is 54.2 Å². The lowest BCUT2D eigenvalue weighted by atomic mass is 10.0. The molecule has 1 N–H and O–H groups in total. The maximum atomic E-state index is 13.2. The van der Waals surface area contributed by atoms with Gasteiger partial charge in [0.25, 0.3) is 5.56 Å². The summed E-state index contributed by atoms with van der Waals surface area (Å²) in [7, 11) is -3.40. The van der Waals surface area contributed by atoms with E-state index in [1.165, 1.54) is 6.07 Å². The molecule has 0 amide bonds. The number of H-pyrrole nitrogens is 1. The van der Waals surface area contributed by atoms with Crippen LogP contribution in [0.25, 0.3) is 11.3 Å². The van der Waals surface area contributed by atoms with E-state index >= 15 is 0 Å². The maximum Gasteiger partial charge on any atom is 0.264 e. The number of fused-ring (bicyclic) bond motifs is 1. The van der Waals surface area contributed by atoms with Crippen molar-refractivity contribution in [3.8, 4) is 11.3 Å². The van der Waals surface area contributed by atoms with Gasteiger partial charge in [0.05, 0.1) is 11.4 Å². The van der Waals surface area contributed by atoms with Gasteiger partial charge in [-0.25, -0.2) is 13.5 Å². The molecule has 0 bridgehead atoms. The predicted octanol–water partition coefficient (Wildman–Crippen LogP) is 2.93. The van der Waals surface area contributed by atoms with Crippen LogP contribution < -0.4 is 5.56 Å². The summed E-state index contributed by atoms with van der Waals surface area (Å²) in [5, 5.41) is 6.57. The largest absolute Gasteiger partial charge is 0.268 e. The van der Waals surface area contributed by atoms with E-state index in [2.05, 4.69) is 21.2 Å². The first kappa shape index (κ1) is 21.4. The fourth-order valence-electron chi connectivity index (χ4n) is 4.03. The Hall–Kier alpha value is -2.84. The number of unbranched alkanes of at least 4 members (excludes halogenated alkanes) is 1. The summed E-state index contributed by atoms with van der Waals surface area (Å²) in [6, 6.07) is 12.8. The number of nitrogens with zero attached hydrogens (tertiary/aromatic N) is 3. The lowest BCUT2D eigenvalue weighted by molar-refractivity contribution is 0.319. The lowest BCUT2D eigenvalue weighted by Gasteiger charge is -2.28. The Labute approximate surface area is 182 Å². The van der Waals surface area contributed by atoms with Crippen LogP contribution in [-0.4, -0.2) is 39.7 Å². The normalized spacial score (nSPS) is 15.9. The number of pyridine rings is 1. The van der Waals surface area contributed by atoms with Crippen LogP contribution in [0.2, 0.25) is 0 Å². The number of aromatic amines is 1. The molecule has 0 fully saturated rings. The van der Waals surface area contributed by atoms with Gasteiger partial charge in [0.2, 0.25) is 10.0 Å². The molecule has 0 radical (unpaired) electrons. The molecule has 2 heterocycles. The van der Waals surface area contributed by atoms with Gasteiger partial charge >= 0.3 is 0 Å². The number of sulfonamides is 1. The highest BCUT2D eigenvalue weighted by atomic mass is 32.2. The van der Waals surface area contributed by atoms with Crippen LogP contribution in [0.5, 0.6) is 0 Å². The summed E-state index contributed by atoms with van der Waals surface area (Å²) < 4.78 is 28.1. The molecule has 1 aliphatic carbocycles. The monoisotopic (exact) mass is 438 g/mol. The van der Waals surface area contributed by atoms with E-state index in [-0.39, 0.29) is 17.4 Å². The van der Waals surface area contributed by atoms with Gasteiger partial charge < -0.3 is 0 Å². The van der Waals surface area contributed by atoms with Crippen molar-refractivity contribution in [3.63, 3.8) is 0 Å². The number of hydrogen-bond acceptors (Lipinski definition) is 5. The van der Waals surface area contributed by atoms with Crippen molar-refractivity contribution in [1.29, 1.82) is 0 Å². The minimum absolute atomic E-state index is 0.129. The van der Waals surface area contributed by atoms with Crippen molar-refractivity contribution in [3.05, 3.63) is 81.9 Å². The van der Waals surface area contributed by atoms with Crippen LogP contribution in [0.3, 0.4) is 0 Å². The second-order valence-corrected chi connectivity index (χ2v) is 9.97. The third-order valence-electron chi connectivity index (χ3n) is 5.67. The summed E-state index contributed by atoms with van der Waals surface area (Å²) >= 11 is 0. The molecule has 1 unspecified atom stereocenters. The first-order valence-corrected chi connectivity index (χ1v) is 12.1. The highest BCUT2D eigenvalue weighted by Gasteiger charge is 2.34. The van der Waals surface area contributed by atoms with Crippen molar-refractivity contribution in [1.82, 2.24) is 19.5 Å². The Morgan fingerprint density at radius 1 is 1.13 bits per heavy atom. The number of benzene rings is 1. The molecular formula is C23H26N4O3S. The van der Waals surface area contributed by atoms with E-state index in [0.717, 1.165) is 28.7 Å². The average molecular weight is 439 g/mol. The number of aromatic nitrogens is 3. The zero-order valence-corrected chi connectivity index (χ0v) is 18.3. The topological polar surface area (TPSA) is 96.0 Å². The average Bonchev–Trinajstić information content (AvgIpc) is 3.20. The maximum absolute atomic E-state index is 13.2. The number of rotatable bonds is 8. The van der Waals surface area contributed by atoms with Crippen LogP contribution in [0.4, 0.5) is 0 Å². The Morgan fingerprint density at radius 3 is 2.68 bits per heavy atom. The molecule has 1 atom stereocenters. The zero-order valence-electron chi connectivity index (χ0n) is 17.5. The quantitative estimate of drug-likeness (QED) is 0.583. The molecule has 4 rings (SSSR count). The molecule has 0 saturated carbocycles. The van der Waals surface area contributed by atoms with E-state index in [9.17, 15) is 13.2 Å². The third-order valence-corrected chi connectivity index (χ3v) is 7.62. The molecule has 0 spiro atoms. The smallest absolute Gasteiger partial charge is 0.264 e. The lowest BCUT2D eigenvalue weighted by Crippen LogP contribution is -2.41. The van der Waals surface area contributed by atoms with E-state index in [4.69, 9.17) is 0 Å². The molecular weight excluding hydrogens is 412 g/mol. The molecule has 0 saturated heterocycles. The van der Waals surface area contributed by atoms with Crippen molar-refractivity contribution in [2.45, 2.75) is 45.2 Å². The van der Waals surface area contributed by atoms with Gasteiger partial charge in [-0.1, -0.05) is 31.5 Å². The highest BCUT2D eigenvalue weighted by molar-refractivity contribution is 7.89. The molecule has 3 aromatic rings. The first-order chi connectivity index (χ1) is 15.0. The van der Waals surface area contributed by atoms with Crippen molar-refractivity contribution in [2.75, 3.05) is 5.75 Å². The minimum atomic E-state index is -3.40. The van der Waals surface area contributed by atoms with Gasteiger partial charge in [-0.15, -0.1) is 0 Å². The first-order valence-electron chi connectivity index (χ1n) is 10.5. The fraction of sp³-hybridized carbons (Fsp3) is 0.348. The Bertz CT molecular complexity index is 1190.